The van der Waals surface area contributed by atoms with Gasteiger partial charge in [0, 0.05) is 18.9 Å². The van der Waals surface area contributed by atoms with E-state index in [0.717, 1.165) is 32.2 Å². The highest BCUT2D eigenvalue weighted by molar-refractivity contribution is 6.02. The van der Waals surface area contributed by atoms with Crippen molar-refractivity contribution in [2.75, 3.05) is 13.6 Å². The predicted molar refractivity (Wildman–Crippen MR) is 76.2 cm³/mol. The average molecular weight is 273 g/mol. The summed E-state index contributed by atoms with van der Waals surface area (Å²) in [6, 6.07) is 0.309. The van der Waals surface area contributed by atoms with Crippen LogP contribution in [0.2, 0.25) is 0 Å². The fraction of sp³-hybridized carbons (Fsp3) is 0.765. The number of likely N-dealkylation sites (tertiary alicyclic amines) is 1. The van der Waals surface area contributed by atoms with Gasteiger partial charge in [-0.05, 0) is 52.1 Å². The Bertz CT molecular complexity index is 537. The standard InChI is InChI=1S/C17H23NO2/c1-11-4-5-14(19)16-8-6-13-17(16,7-3-9-18(13)2)15(20)10-12(11)16/h4,12-13H,3,5-10H2,1-2H3/t12-,13-,16+,17-/m0/s1. The molecule has 20 heavy (non-hydrogen) atoms. The van der Waals surface area contributed by atoms with Crippen LogP contribution >= 0.6 is 0 Å². The summed E-state index contributed by atoms with van der Waals surface area (Å²) in [5.74, 6) is 0.948. The molecule has 1 saturated heterocycles. The molecule has 4 atom stereocenters. The van der Waals surface area contributed by atoms with Crippen molar-refractivity contribution in [2.24, 2.45) is 16.7 Å². The van der Waals surface area contributed by atoms with Gasteiger partial charge in [0.25, 0.3) is 0 Å². The number of piperidine rings is 1. The van der Waals surface area contributed by atoms with Gasteiger partial charge in [-0.2, -0.15) is 0 Å². The van der Waals surface area contributed by atoms with Crippen molar-refractivity contribution >= 4 is 11.6 Å². The highest BCUT2D eigenvalue weighted by Crippen LogP contribution is 2.70. The van der Waals surface area contributed by atoms with E-state index in [1.165, 1.54) is 5.57 Å². The highest BCUT2D eigenvalue weighted by atomic mass is 16.1. The molecular weight excluding hydrogens is 250 g/mol. The van der Waals surface area contributed by atoms with Gasteiger partial charge in [0.1, 0.15) is 11.6 Å². The fourth-order valence-electron chi connectivity index (χ4n) is 6.19. The Balaban J connectivity index is 1.93. The number of nitrogens with zero attached hydrogens (tertiary/aromatic N) is 1. The normalized spacial score (nSPS) is 47.8. The Morgan fingerprint density at radius 2 is 2.00 bits per heavy atom. The summed E-state index contributed by atoms with van der Waals surface area (Å²) in [7, 11) is 2.14. The maximum Gasteiger partial charge on any atom is 0.144 e. The minimum atomic E-state index is -0.350. The van der Waals surface area contributed by atoms with Gasteiger partial charge in [0.05, 0.1) is 10.8 Å². The van der Waals surface area contributed by atoms with Crippen molar-refractivity contribution in [1.82, 2.24) is 4.90 Å². The summed E-state index contributed by atoms with van der Waals surface area (Å²) in [5, 5.41) is 0. The Kier molecular flexibility index (Phi) is 2.44. The van der Waals surface area contributed by atoms with Crippen molar-refractivity contribution in [3.63, 3.8) is 0 Å². The SMILES string of the molecule is CC1=CCC(=O)[C@]23CC[C@@H]4N(C)CCC[C@@]42C(=O)C[C@@H]13. The van der Waals surface area contributed by atoms with E-state index in [0.29, 0.717) is 30.4 Å². The van der Waals surface area contributed by atoms with E-state index in [4.69, 9.17) is 0 Å². The van der Waals surface area contributed by atoms with E-state index < -0.39 is 0 Å². The fourth-order valence-corrected chi connectivity index (χ4v) is 6.19. The topological polar surface area (TPSA) is 37.4 Å². The molecule has 3 nitrogen and oxygen atoms in total. The van der Waals surface area contributed by atoms with Gasteiger partial charge < -0.3 is 4.90 Å². The summed E-state index contributed by atoms with van der Waals surface area (Å²) >= 11 is 0. The molecular formula is C17H23NO2. The molecule has 0 radical (unpaired) electrons. The molecule has 0 unspecified atom stereocenters. The van der Waals surface area contributed by atoms with Gasteiger partial charge in [-0.15, -0.1) is 0 Å². The summed E-state index contributed by atoms with van der Waals surface area (Å²) < 4.78 is 0. The van der Waals surface area contributed by atoms with Crippen molar-refractivity contribution in [3.05, 3.63) is 11.6 Å². The molecule has 4 aliphatic rings. The van der Waals surface area contributed by atoms with Gasteiger partial charge in [-0.3, -0.25) is 9.59 Å². The van der Waals surface area contributed by atoms with Crippen molar-refractivity contribution in [2.45, 2.75) is 51.5 Å². The van der Waals surface area contributed by atoms with Crippen LogP contribution in [0.3, 0.4) is 0 Å². The number of Topliss-reactive ketones (excluding diaryl/α,β-unsaturated/α-hetero) is 2. The third kappa shape index (κ3) is 1.14. The maximum absolute atomic E-state index is 13.0. The average Bonchev–Trinajstić information content (AvgIpc) is 2.88. The zero-order valence-electron chi connectivity index (χ0n) is 12.4. The molecule has 0 N–H and O–H groups in total. The lowest BCUT2D eigenvalue weighted by Gasteiger charge is -2.50. The van der Waals surface area contributed by atoms with Gasteiger partial charge in [0.2, 0.25) is 0 Å². The second kappa shape index (κ2) is 3.82. The van der Waals surface area contributed by atoms with Crippen LogP contribution in [0.25, 0.3) is 0 Å². The van der Waals surface area contributed by atoms with Crippen LogP contribution in [0.5, 0.6) is 0 Å². The van der Waals surface area contributed by atoms with Crippen molar-refractivity contribution < 1.29 is 9.59 Å². The molecule has 0 aromatic heterocycles. The minimum absolute atomic E-state index is 0.202. The van der Waals surface area contributed by atoms with E-state index >= 15 is 0 Å². The van der Waals surface area contributed by atoms with Crippen LogP contribution in [-0.4, -0.2) is 36.1 Å². The lowest BCUT2D eigenvalue weighted by atomic mass is 9.55. The molecule has 3 heteroatoms. The van der Waals surface area contributed by atoms with Crippen LogP contribution < -0.4 is 0 Å². The lowest BCUT2D eigenvalue weighted by molar-refractivity contribution is -0.148. The minimum Gasteiger partial charge on any atom is -0.302 e. The molecule has 0 aromatic rings. The molecule has 2 saturated carbocycles. The number of hydrogen-bond donors (Lipinski definition) is 0. The Morgan fingerprint density at radius 1 is 1.20 bits per heavy atom. The van der Waals surface area contributed by atoms with Crippen molar-refractivity contribution in [1.29, 1.82) is 0 Å². The predicted octanol–water partition coefficient (Wildman–Crippen LogP) is 2.36. The summed E-state index contributed by atoms with van der Waals surface area (Å²) in [5.41, 5.74) is 0.600. The van der Waals surface area contributed by atoms with Crippen LogP contribution in [0.15, 0.2) is 11.6 Å². The quantitative estimate of drug-likeness (QED) is 0.636. The summed E-state index contributed by atoms with van der Waals surface area (Å²) in [6.45, 7) is 3.20. The van der Waals surface area contributed by atoms with Crippen molar-refractivity contribution in [3.8, 4) is 0 Å². The van der Waals surface area contributed by atoms with E-state index in [9.17, 15) is 9.59 Å². The largest absolute Gasteiger partial charge is 0.302 e. The first kappa shape index (κ1) is 12.8. The summed E-state index contributed by atoms with van der Waals surface area (Å²) in [6.07, 6.45) is 7.19. The van der Waals surface area contributed by atoms with Gasteiger partial charge in [-0.25, -0.2) is 0 Å². The number of rotatable bonds is 0. The zero-order valence-corrected chi connectivity index (χ0v) is 12.4. The second-order valence-corrected chi connectivity index (χ2v) is 7.34. The second-order valence-electron chi connectivity index (χ2n) is 7.34. The highest BCUT2D eigenvalue weighted by Gasteiger charge is 2.74. The third-order valence-corrected chi connectivity index (χ3v) is 6.93. The monoisotopic (exact) mass is 273 g/mol. The lowest BCUT2D eigenvalue weighted by Crippen LogP contribution is -2.58. The van der Waals surface area contributed by atoms with E-state index in [1.807, 2.05) is 0 Å². The van der Waals surface area contributed by atoms with Crippen LogP contribution in [-0.2, 0) is 9.59 Å². The molecule has 0 aromatic carbocycles. The Hall–Kier alpha value is -0.960. The smallest absolute Gasteiger partial charge is 0.144 e. The van der Waals surface area contributed by atoms with E-state index in [1.54, 1.807) is 0 Å². The van der Waals surface area contributed by atoms with E-state index in [2.05, 4.69) is 24.9 Å². The van der Waals surface area contributed by atoms with Crippen LogP contribution in [0.4, 0.5) is 0 Å². The molecule has 4 rings (SSSR count). The molecule has 1 aliphatic heterocycles. The maximum atomic E-state index is 13.0. The number of carbonyl (C=O) groups excluding carboxylic acids is 2. The van der Waals surface area contributed by atoms with E-state index in [-0.39, 0.29) is 16.7 Å². The molecule has 3 aliphatic carbocycles. The number of ketones is 2. The van der Waals surface area contributed by atoms with Crippen LogP contribution in [0.1, 0.15) is 45.4 Å². The number of allylic oxidation sites excluding steroid dienone is 2. The third-order valence-electron chi connectivity index (χ3n) is 6.93. The number of carbonyl (C=O) groups is 2. The molecule has 108 valence electrons. The van der Waals surface area contributed by atoms with Gasteiger partial charge >= 0.3 is 0 Å². The molecule has 2 spiro atoms. The number of hydrogen-bond acceptors (Lipinski definition) is 3. The molecule has 3 fully saturated rings. The summed E-state index contributed by atoms with van der Waals surface area (Å²) in [4.78, 5) is 28.3. The molecule has 1 heterocycles. The van der Waals surface area contributed by atoms with Gasteiger partial charge in [-0.1, -0.05) is 11.6 Å². The van der Waals surface area contributed by atoms with Crippen LogP contribution in [0, 0.1) is 16.7 Å². The first-order chi connectivity index (χ1) is 9.54. The van der Waals surface area contributed by atoms with Gasteiger partial charge in [0.15, 0.2) is 0 Å². The molecule has 0 bridgehead atoms. The Labute approximate surface area is 120 Å². The zero-order chi connectivity index (χ0) is 14.1. The first-order valence-electron chi connectivity index (χ1n) is 7.97. The molecule has 0 amide bonds. The Morgan fingerprint density at radius 3 is 2.80 bits per heavy atom. The first-order valence-corrected chi connectivity index (χ1v) is 7.97.